The van der Waals surface area contributed by atoms with E-state index < -0.39 is 16.0 Å². The van der Waals surface area contributed by atoms with E-state index in [4.69, 9.17) is 16.3 Å². The summed E-state index contributed by atoms with van der Waals surface area (Å²) in [4.78, 5) is 27.1. The van der Waals surface area contributed by atoms with Gasteiger partial charge in [0.05, 0.1) is 25.0 Å². The highest BCUT2D eigenvalue weighted by Gasteiger charge is 2.34. The van der Waals surface area contributed by atoms with Crippen LogP contribution in [0.1, 0.15) is 26.4 Å². The second kappa shape index (κ2) is 9.69. The third-order valence-corrected chi connectivity index (χ3v) is 8.54. The zero-order valence-electron chi connectivity index (χ0n) is 16.4. The number of thioether (sulfide) groups is 1. The highest BCUT2D eigenvalue weighted by molar-refractivity contribution is 7.99. The van der Waals surface area contributed by atoms with Gasteiger partial charge in [0, 0.05) is 23.0 Å². The average molecular weight is 489 g/mol. The van der Waals surface area contributed by atoms with Crippen LogP contribution in [0, 0.1) is 0 Å². The largest absolute Gasteiger partial charge is 0.465 e. The molecule has 2 heterocycles. The number of amides is 1. The number of thiophene rings is 1. The van der Waals surface area contributed by atoms with E-state index in [0.717, 1.165) is 11.3 Å². The lowest BCUT2D eigenvalue weighted by molar-refractivity contribution is -0.129. The Kier molecular flexibility index (Phi) is 7.46. The van der Waals surface area contributed by atoms with Gasteiger partial charge in [-0.3, -0.25) is 4.79 Å². The Bertz CT molecular complexity index is 1070. The standard InChI is InChI=1S/C19H21ClN2O5S3/c1-27-18(24)17-14-6-7-22(16(23)11-28-2)10-15(14)29-19(17)30(25,26)21-9-12-4-3-5-13(20)8-12/h3-5,8,21H,6-7,9-11H2,1-2H3. The molecule has 1 amide bonds. The molecule has 2 aromatic rings. The van der Waals surface area contributed by atoms with E-state index >= 15 is 0 Å². The quantitative estimate of drug-likeness (QED) is 0.602. The zero-order valence-corrected chi connectivity index (χ0v) is 19.6. The van der Waals surface area contributed by atoms with Crippen LogP contribution in [0.15, 0.2) is 28.5 Å². The second-order valence-electron chi connectivity index (χ2n) is 6.61. The van der Waals surface area contributed by atoms with Gasteiger partial charge < -0.3 is 9.64 Å². The minimum absolute atomic E-state index is 0.00958. The molecule has 11 heteroatoms. The molecule has 0 radical (unpaired) electrons. The summed E-state index contributed by atoms with van der Waals surface area (Å²) in [5.74, 6) is -0.346. The number of sulfonamides is 1. The first-order valence-corrected chi connectivity index (χ1v) is 13.1. The van der Waals surface area contributed by atoms with Crippen molar-refractivity contribution in [1.82, 2.24) is 9.62 Å². The summed E-state index contributed by atoms with van der Waals surface area (Å²) in [6.07, 6.45) is 2.25. The summed E-state index contributed by atoms with van der Waals surface area (Å²) in [6, 6.07) is 6.85. The topological polar surface area (TPSA) is 92.8 Å². The first-order chi connectivity index (χ1) is 14.3. The second-order valence-corrected chi connectivity index (χ2v) is 11.0. The van der Waals surface area contributed by atoms with Crippen molar-refractivity contribution in [3.05, 3.63) is 50.9 Å². The molecule has 0 bridgehead atoms. The number of rotatable bonds is 7. The van der Waals surface area contributed by atoms with Crippen LogP contribution in [-0.4, -0.2) is 50.9 Å². The smallest absolute Gasteiger partial charge is 0.340 e. The predicted octanol–water partition coefficient (Wildman–Crippen LogP) is 2.91. The van der Waals surface area contributed by atoms with Crippen molar-refractivity contribution in [2.45, 2.75) is 23.7 Å². The van der Waals surface area contributed by atoms with Crippen LogP contribution in [0.2, 0.25) is 5.02 Å². The number of hydrogen-bond acceptors (Lipinski definition) is 7. The Labute approximate surface area is 188 Å². The molecule has 0 aliphatic carbocycles. The Morgan fingerprint density at radius 2 is 2.13 bits per heavy atom. The van der Waals surface area contributed by atoms with Gasteiger partial charge >= 0.3 is 5.97 Å². The molecule has 0 saturated heterocycles. The van der Waals surface area contributed by atoms with Crippen molar-refractivity contribution < 1.29 is 22.7 Å². The Morgan fingerprint density at radius 1 is 1.37 bits per heavy atom. The first-order valence-electron chi connectivity index (χ1n) is 9.00. The molecule has 1 N–H and O–H groups in total. The molecular weight excluding hydrogens is 468 g/mol. The lowest BCUT2D eigenvalue weighted by Crippen LogP contribution is -2.36. The van der Waals surface area contributed by atoms with Crippen LogP contribution in [0.25, 0.3) is 0 Å². The van der Waals surface area contributed by atoms with Crippen molar-refractivity contribution in [3.8, 4) is 0 Å². The summed E-state index contributed by atoms with van der Waals surface area (Å²) >= 11 is 8.40. The third-order valence-electron chi connectivity index (χ3n) is 4.63. The fourth-order valence-corrected chi connectivity index (χ4v) is 6.80. The van der Waals surface area contributed by atoms with Crippen molar-refractivity contribution in [1.29, 1.82) is 0 Å². The maximum absolute atomic E-state index is 13.0. The number of nitrogens with one attached hydrogen (secondary N) is 1. The highest BCUT2D eigenvalue weighted by atomic mass is 35.5. The zero-order chi connectivity index (χ0) is 21.9. The van der Waals surface area contributed by atoms with Gasteiger partial charge in [0.2, 0.25) is 5.91 Å². The van der Waals surface area contributed by atoms with Gasteiger partial charge in [0.15, 0.2) is 0 Å². The molecule has 1 aliphatic rings. The summed E-state index contributed by atoms with van der Waals surface area (Å²) in [7, 11) is -2.76. The molecule has 0 fully saturated rings. The lowest BCUT2D eigenvalue weighted by atomic mass is 10.0. The van der Waals surface area contributed by atoms with E-state index in [2.05, 4.69) is 4.72 Å². The molecule has 0 unspecified atom stereocenters. The van der Waals surface area contributed by atoms with E-state index in [-0.39, 0.29) is 28.8 Å². The van der Waals surface area contributed by atoms with E-state index in [1.807, 2.05) is 6.26 Å². The molecule has 0 spiro atoms. The van der Waals surface area contributed by atoms with E-state index in [0.29, 0.717) is 39.7 Å². The monoisotopic (exact) mass is 488 g/mol. The number of carbonyl (C=O) groups is 2. The number of methoxy groups -OCH3 is 1. The van der Waals surface area contributed by atoms with Crippen LogP contribution in [-0.2, 0) is 39.1 Å². The maximum atomic E-state index is 13.0. The molecule has 0 atom stereocenters. The van der Waals surface area contributed by atoms with Gasteiger partial charge in [-0.2, -0.15) is 11.8 Å². The third kappa shape index (κ3) is 5.00. The number of fused-ring (bicyclic) bond motifs is 1. The molecular formula is C19H21ClN2O5S3. The van der Waals surface area contributed by atoms with Crippen molar-refractivity contribution in [2.75, 3.05) is 25.7 Å². The fraction of sp³-hybridized carbons (Fsp3) is 0.368. The predicted molar refractivity (Wildman–Crippen MR) is 119 cm³/mol. The van der Waals surface area contributed by atoms with Gasteiger partial charge in [0.25, 0.3) is 10.0 Å². The molecule has 30 heavy (non-hydrogen) atoms. The van der Waals surface area contributed by atoms with E-state index in [1.165, 1.54) is 18.9 Å². The fourth-order valence-electron chi connectivity index (χ4n) is 3.19. The van der Waals surface area contributed by atoms with E-state index in [9.17, 15) is 18.0 Å². The molecule has 162 valence electrons. The van der Waals surface area contributed by atoms with Gasteiger partial charge in [-0.1, -0.05) is 23.7 Å². The van der Waals surface area contributed by atoms with Crippen molar-refractivity contribution >= 4 is 56.6 Å². The molecule has 7 nitrogen and oxygen atoms in total. The molecule has 1 aliphatic heterocycles. The molecule has 3 rings (SSSR count). The van der Waals surface area contributed by atoms with Crippen LogP contribution in [0.4, 0.5) is 0 Å². The Balaban J connectivity index is 1.92. The normalized spacial score (nSPS) is 13.8. The summed E-state index contributed by atoms with van der Waals surface area (Å²) < 4.78 is 33.4. The van der Waals surface area contributed by atoms with Crippen molar-refractivity contribution in [3.63, 3.8) is 0 Å². The molecule has 1 aromatic heterocycles. The lowest BCUT2D eigenvalue weighted by Gasteiger charge is -2.27. The van der Waals surface area contributed by atoms with Gasteiger partial charge in [0.1, 0.15) is 4.21 Å². The first kappa shape index (κ1) is 23.1. The molecule has 1 aromatic carbocycles. The van der Waals surface area contributed by atoms with Gasteiger partial charge in [-0.05, 0) is 35.9 Å². The van der Waals surface area contributed by atoms with Crippen LogP contribution in [0.3, 0.4) is 0 Å². The van der Waals surface area contributed by atoms with Crippen LogP contribution < -0.4 is 4.72 Å². The molecule has 0 saturated carbocycles. The van der Waals surface area contributed by atoms with E-state index in [1.54, 1.807) is 29.2 Å². The SMILES string of the molecule is COC(=O)c1c(S(=O)(=O)NCc2cccc(Cl)c2)sc2c1CCN(C(=O)CSC)C2. The van der Waals surface area contributed by atoms with Crippen molar-refractivity contribution in [2.24, 2.45) is 0 Å². The van der Waals surface area contributed by atoms with Gasteiger partial charge in [-0.15, -0.1) is 11.3 Å². The number of carbonyl (C=O) groups excluding carboxylic acids is 2. The highest BCUT2D eigenvalue weighted by Crippen LogP contribution is 2.36. The maximum Gasteiger partial charge on any atom is 0.340 e. The number of esters is 1. The Morgan fingerprint density at radius 3 is 2.80 bits per heavy atom. The van der Waals surface area contributed by atoms with Crippen LogP contribution >= 0.6 is 34.7 Å². The Hall–Kier alpha value is -1.59. The summed E-state index contributed by atoms with van der Waals surface area (Å²) in [5, 5.41) is 0.503. The minimum atomic E-state index is -3.98. The minimum Gasteiger partial charge on any atom is -0.465 e. The number of nitrogens with zero attached hydrogens (tertiary/aromatic N) is 1. The number of benzene rings is 1. The average Bonchev–Trinajstić information content (AvgIpc) is 3.12. The van der Waals surface area contributed by atoms with Gasteiger partial charge in [-0.25, -0.2) is 17.9 Å². The number of halogens is 1. The summed E-state index contributed by atoms with van der Waals surface area (Å²) in [6.45, 7) is 0.750. The summed E-state index contributed by atoms with van der Waals surface area (Å²) in [5.41, 5.74) is 1.40. The number of hydrogen-bond donors (Lipinski definition) is 1. The van der Waals surface area contributed by atoms with Crippen LogP contribution in [0.5, 0.6) is 0 Å². The number of ether oxygens (including phenoxy) is 1.